The van der Waals surface area contributed by atoms with Crippen LogP contribution in [0.25, 0.3) is 0 Å². The van der Waals surface area contributed by atoms with E-state index in [0.29, 0.717) is 12.2 Å². The predicted octanol–water partition coefficient (Wildman–Crippen LogP) is 2.06. The molecule has 0 bridgehead atoms. The van der Waals surface area contributed by atoms with Crippen molar-refractivity contribution in [1.29, 1.82) is 0 Å². The van der Waals surface area contributed by atoms with Crippen molar-refractivity contribution in [1.82, 2.24) is 9.78 Å². The maximum absolute atomic E-state index is 11.9. The molecule has 2 atom stereocenters. The summed E-state index contributed by atoms with van der Waals surface area (Å²) in [6.07, 6.45) is 5.22. The van der Waals surface area contributed by atoms with Crippen LogP contribution in [0.5, 0.6) is 0 Å². The Morgan fingerprint density at radius 1 is 1.74 bits per heavy atom. The molecule has 0 spiro atoms. The van der Waals surface area contributed by atoms with Crippen LogP contribution in [-0.2, 0) is 11.3 Å². The van der Waals surface area contributed by atoms with Gasteiger partial charge in [-0.15, -0.1) is 6.58 Å². The molecule has 1 N–H and O–H groups in total. The highest BCUT2D eigenvalue weighted by Crippen LogP contribution is 2.21. The molecule has 0 aliphatic carbocycles. The van der Waals surface area contributed by atoms with Gasteiger partial charge in [0.2, 0.25) is 0 Å². The number of aromatic nitrogens is 2. The first kappa shape index (κ1) is 14.1. The van der Waals surface area contributed by atoms with Gasteiger partial charge in [-0.1, -0.05) is 17.7 Å². The fourth-order valence-electron chi connectivity index (χ4n) is 2.17. The van der Waals surface area contributed by atoms with Crippen molar-refractivity contribution in [2.45, 2.75) is 38.5 Å². The summed E-state index contributed by atoms with van der Waals surface area (Å²) >= 11 is 6.09. The fraction of sp³-hybridized carbons (Fsp3) is 0.538. The molecule has 2 heterocycles. The lowest BCUT2D eigenvalue weighted by molar-refractivity contribution is 0.0232. The van der Waals surface area contributed by atoms with E-state index < -0.39 is 0 Å². The molecule has 19 heavy (non-hydrogen) atoms. The third-order valence-corrected chi connectivity index (χ3v) is 3.50. The molecular weight excluding hydrogens is 266 g/mol. The maximum Gasteiger partial charge on any atom is 0.287 e. The van der Waals surface area contributed by atoms with Gasteiger partial charge in [-0.3, -0.25) is 4.79 Å². The molecule has 0 saturated carbocycles. The molecule has 1 fully saturated rings. The average molecular weight is 284 g/mol. The lowest BCUT2D eigenvalue weighted by Gasteiger charge is -2.28. The Morgan fingerprint density at radius 2 is 2.53 bits per heavy atom. The number of hydrogen-bond donors (Lipinski definition) is 1. The molecule has 0 amide bonds. The first-order chi connectivity index (χ1) is 9.11. The molecule has 1 aromatic rings. The Hall–Kier alpha value is -1.33. The van der Waals surface area contributed by atoms with Crippen LogP contribution in [0.15, 0.2) is 23.6 Å². The molecule has 2 unspecified atom stereocenters. The summed E-state index contributed by atoms with van der Waals surface area (Å²) in [6.45, 7) is 6.69. The topological polar surface area (TPSA) is 56.1 Å². The molecule has 2 rings (SSSR count). The Morgan fingerprint density at radius 3 is 3.21 bits per heavy atom. The van der Waals surface area contributed by atoms with Gasteiger partial charge < -0.3 is 10.1 Å². The van der Waals surface area contributed by atoms with Gasteiger partial charge in [0, 0.05) is 12.6 Å². The third-order valence-electron chi connectivity index (χ3n) is 3.13. The van der Waals surface area contributed by atoms with Gasteiger partial charge in [0.25, 0.3) is 5.56 Å². The number of rotatable bonds is 4. The Labute approximate surface area is 117 Å². The molecule has 1 aromatic heterocycles. The summed E-state index contributed by atoms with van der Waals surface area (Å²) in [4.78, 5) is 11.9. The van der Waals surface area contributed by atoms with Crippen molar-refractivity contribution in [3.63, 3.8) is 0 Å². The number of allylic oxidation sites excluding steroid dienone is 1. The van der Waals surface area contributed by atoms with Crippen molar-refractivity contribution in [3.8, 4) is 0 Å². The van der Waals surface area contributed by atoms with Crippen LogP contribution in [0.4, 0.5) is 5.69 Å². The Bertz CT molecular complexity index is 515. The van der Waals surface area contributed by atoms with Gasteiger partial charge in [0.05, 0.1) is 24.5 Å². The van der Waals surface area contributed by atoms with E-state index in [-0.39, 0.29) is 22.7 Å². The summed E-state index contributed by atoms with van der Waals surface area (Å²) in [6, 6.07) is 0.262. The summed E-state index contributed by atoms with van der Waals surface area (Å²) in [5, 5.41) is 7.52. The minimum absolute atomic E-state index is 0.177. The van der Waals surface area contributed by atoms with E-state index in [0.717, 1.165) is 19.4 Å². The molecule has 6 heteroatoms. The van der Waals surface area contributed by atoms with Crippen LogP contribution in [-0.4, -0.2) is 28.5 Å². The van der Waals surface area contributed by atoms with Crippen molar-refractivity contribution in [2.75, 3.05) is 11.9 Å². The normalized spacial score (nSPS) is 23.1. The van der Waals surface area contributed by atoms with Crippen LogP contribution in [0.1, 0.15) is 19.8 Å². The first-order valence-electron chi connectivity index (χ1n) is 6.36. The van der Waals surface area contributed by atoms with Gasteiger partial charge in [-0.25, -0.2) is 4.68 Å². The molecule has 1 aliphatic rings. The molecule has 5 nitrogen and oxygen atoms in total. The van der Waals surface area contributed by atoms with E-state index in [1.807, 2.05) is 6.92 Å². The highest BCUT2D eigenvalue weighted by Gasteiger charge is 2.20. The second-order valence-electron chi connectivity index (χ2n) is 4.70. The van der Waals surface area contributed by atoms with E-state index >= 15 is 0 Å². The number of nitrogens with zero attached hydrogens (tertiary/aromatic N) is 2. The standard InChI is InChI=1S/C13H18ClN3O2/c1-3-5-17-13(18)12(14)11(8-15-17)16-10-4-6-19-9(2)7-10/h3,8-10,16H,1,4-7H2,2H3. The van der Waals surface area contributed by atoms with Gasteiger partial charge in [0.15, 0.2) is 0 Å². The molecule has 0 aromatic carbocycles. The van der Waals surface area contributed by atoms with Gasteiger partial charge in [-0.2, -0.15) is 5.10 Å². The minimum atomic E-state index is -0.299. The number of nitrogens with one attached hydrogen (secondary N) is 1. The SMILES string of the molecule is C=CCn1ncc(NC2CCOC(C)C2)c(Cl)c1=O. The van der Waals surface area contributed by atoms with E-state index in [4.69, 9.17) is 16.3 Å². The van der Waals surface area contributed by atoms with E-state index in [9.17, 15) is 4.79 Å². The zero-order valence-electron chi connectivity index (χ0n) is 10.9. The van der Waals surface area contributed by atoms with Crippen molar-refractivity contribution in [3.05, 3.63) is 34.2 Å². The van der Waals surface area contributed by atoms with Crippen LogP contribution in [0, 0.1) is 0 Å². The second kappa shape index (κ2) is 6.21. The van der Waals surface area contributed by atoms with E-state index in [1.54, 1.807) is 12.3 Å². The van der Waals surface area contributed by atoms with Gasteiger partial charge in [0.1, 0.15) is 5.02 Å². The van der Waals surface area contributed by atoms with Gasteiger partial charge >= 0.3 is 0 Å². The largest absolute Gasteiger partial charge is 0.379 e. The second-order valence-corrected chi connectivity index (χ2v) is 5.07. The maximum atomic E-state index is 11.9. The number of halogens is 1. The number of hydrogen-bond acceptors (Lipinski definition) is 4. The van der Waals surface area contributed by atoms with Crippen molar-refractivity contribution < 1.29 is 4.74 Å². The zero-order chi connectivity index (χ0) is 13.8. The Balaban J connectivity index is 2.14. The smallest absolute Gasteiger partial charge is 0.287 e. The molecular formula is C13H18ClN3O2. The minimum Gasteiger partial charge on any atom is -0.379 e. The van der Waals surface area contributed by atoms with Crippen LogP contribution in [0.2, 0.25) is 5.02 Å². The van der Waals surface area contributed by atoms with E-state index in [2.05, 4.69) is 17.0 Å². The van der Waals surface area contributed by atoms with Crippen LogP contribution in [0.3, 0.4) is 0 Å². The monoisotopic (exact) mass is 283 g/mol. The van der Waals surface area contributed by atoms with Crippen LogP contribution >= 0.6 is 11.6 Å². The highest BCUT2D eigenvalue weighted by atomic mass is 35.5. The quantitative estimate of drug-likeness (QED) is 0.860. The molecule has 1 saturated heterocycles. The molecule has 0 radical (unpaired) electrons. The summed E-state index contributed by atoms with van der Waals surface area (Å²) in [7, 11) is 0. The number of anilines is 1. The van der Waals surface area contributed by atoms with Crippen molar-refractivity contribution >= 4 is 17.3 Å². The molecule has 104 valence electrons. The summed E-state index contributed by atoms with van der Waals surface area (Å²) < 4.78 is 6.77. The van der Waals surface area contributed by atoms with Crippen molar-refractivity contribution in [2.24, 2.45) is 0 Å². The lowest BCUT2D eigenvalue weighted by atomic mass is 10.0. The lowest BCUT2D eigenvalue weighted by Crippen LogP contribution is -2.33. The summed E-state index contributed by atoms with van der Waals surface area (Å²) in [5.74, 6) is 0. The molecule has 1 aliphatic heterocycles. The highest BCUT2D eigenvalue weighted by molar-refractivity contribution is 6.32. The predicted molar refractivity (Wildman–Crippen MR) is 75.8 cm³/mol. The fourth-order valence-corrected chi connectivity index (χ4v) is 2.37. The number of ether oxygens (including phenoxy) is 1. The zero-order valence-corrected chi connectivity index (χ0v) is 11.7. The van der Waals surface area contributed by atoms with Gasteiger partial charge in [-0.05, 0) is 19.8 Å². The summed E-state index contributed by atoms with van der Waals surface area (Å²) in [5.41, 5.74) is 0.290. The van der Waals surface area contributed by atoms with E-state index in [1.165, 1.54) is 4.68 Å². The Kier molecular flexibility index (Phi) is 4.61. The third kappa shape index (κ3) is 3.36. The van der Waals surface area contributed by atoms with Crippen LogP contribution < -0.4 is 10.9 Å². The first-order valence-corrected chi connectivity index (χ1v) is 6.74. The average Bonchev–Trinajstić information content (AvgIpc) is 2.39.